The first-order valence-electron chi connectivity index (χ1n) is 30.9. The number of rotatable bonds is 10. The molecular formula is C84H52N6O2. The zero-order chi connectivity index (χ0) is 60.8. The molecular weight excluding hydrogens is 1120 g/mol. The summed E-state index contributed by atoms with van der Waals surface area (Å²) >= 11 is 0. The van der Waals surface area contributed by atoms with E-state index in [9.17, 15) is 0 Å². The first kappa shape index (κ1) is 52.6. The normalized spacial score (nSPS) is 11.7. The second kappa shape index (κ2) is 21.4. The van der Waals surface area contributed by atoms with Crippen molar-refractivity contribution in [3.63, 3.8) is 0 Å². The largest absolute Gasteiger partial charge is 0.423 e. The average molecular weight is 1180 g/mol. The third-order valence-corrected chi connectivity index (χ3v) is 18.0. The number of aromatic nitrogens is 6. The number of benzene rings is 11. The van der Waals surface area contributed by atoms with Gasteiger partial charge in [-0.05, 0) is 78.4 Å². The van der Waals surface area contributed by atoms with E-state index >= 15 is 4.79 Å². The van der Waals surface area contributed by atoms with Crippen LogP contribution in [0.15, 0.2) is 325 Å². The highest BCUT2D eigenvalue weighted by Gasteiger charge is 2.30. The second-order valence-electron chi connectivity index (χ2n) is 23.4. The fourth-order valence-electron chi connectivity index (χ4n) is 14.0. The van der Waals surface area contributed by atoms with Crippen molar-refractivity contribution in [2.75, 3.05) is 0 Å². The predicted octanol–water partition coefficient (Wildman–Crippen LogP) is 20.9. The molecule has 18 aromatic rings. The molecule has 7 heterocycles. The van der Waals surface area contributed by atoms with Crippen LogP contribution in [0.5, 0.6) is 0 Å². The van der Waals surface area contributed by atoms with E-state index in [1.807, 2.05) is 72.8 Å². The fraction of sp³-hybridized carbons (Fsp3) is 0. The van der Waals surface area contributed by atoms with Crippen molar-refractivity contribution in [2.45, 2.75) is 0 Å². The zero-order valence-electron chi connectivity index (χ0n) is 49.5. The molecule has 7 aromatic heterocycles. The molecule has 0 radical (unpaired) electrons. The molecule has 11 aromatic carbocycles. The first-order chi connectivity index (χ1) is 45.5. The summed E-state index contributed by atoms with van der Waals surface area (Å²) in [5.41, 5.74) is 20.0. The first-order valence-corrected chi connectivity index (χ1v) is 30.9. The Labute approximate surface area is 528 Å². The highest BCUT2D eigenvalue weighted by molar-refractivity contribution is 6.17. The molecule has 0 bridgehead atoms. The number of fused-ring (bicyclic) bond motifs is 10. The van der Waals surface area contributed by atoms with E-state index in [-0.39, 0.29) is 0 Å². The van der Waals surface area contributed by atoms with Crippen molar-refractivity contribution in [1.29, 1.82) is 0 Å². The molecule has 8 nitrogen and oxygen atoms in total. The van der Waals surface area contributed by atoms with Crippen molar-refractivity contribution < 1.29 is 4.42 Å². The Balaban J connectivity index is 1.04. The van der Waals surface area contributed by atoms with Crippen LogP contribution in [0.25, 0.3) is 172 Å². The van der Waals surface area contributed by atoms with Gasteiger partial charge in [0.25, 0.3) is 0 Å². The minimum atomic E-state index is -0.498. The minimum Gasteiger partial charge on any atom is -0.423 e. The Hall–Kier alpha value is -12.5. The van der Waals surface area contributed by atoms with Gasteiger partial charge in [-0.2, -0.15) is 0 Å². The molecule has 8 heteroatoms. The van der Waals surface area contributed by atoms with Crippen LogP contribution >= 0.6 is 0 Å². The highest BCUT2D eigenvalue weighted by Crippen LogP contribution is 2.49. The molecule has 92 heavy (non-hydrogen) atoms. The molecule has 430 valence electrons. The zero-order valence-corrected chi connectivity index (χ0v) is 49.5. The predicted molar refractivity (Wildman–Crippen MR) is 377 cm³/mol. The van der Waals surface area contributed by atoms with Crippen LogP contribution in [-0.2, 0) is 0 Å². The van der Waals surface area contributed by atoms with Gasteiger partial charge in [0.1, 0.15) is 5.58 Å². The smallest absolute Gasteiger partial charge is 0.336 e. The van der Waals surface area contributed by atoms with Gasteiger partial charge in [-0.25, -0.2) is 19.7 Å². The van der Waals surface area contributed by atoms with Crippen LogP contribution in [0.1, 0.15) is 0 Å². The van der Waals surface area contributed by atoms with E-state index in [0.29, 0.717) is 22.5 Å². The van der Waals surface area contributed by atoms with Gasteiger partial charge in [0.2, 0.25) is 0 Å². The molecule has 0 N–H and O–H groups in total. The van der Waals surface area contributed by atoms with Gasteiger partial charge in [-0.1, -0.05) is 231 Å². The molecule has 0 aliphatic heterocycles. The monoisotopic (exact) mass is 1180 g/mol. The van der Waals surface area contributed by atoms with Gasteiger partial charge in [-0.3, -0.25) is 0 Å². The Morgan fingerprint density at radius 3 is 0.859 bits per heavy atom. The van der Waals surface area contributed by atoms with Gasteiger partial charge < -0.3 is 18.1 Å². The van der Waals surface area contributed by atoms with E-state index < -0.39 is 5.63 Å². The van der Waals surface area contributed by atoms with Crippen molar-refractivity contribution >= 4 is 76.4 Å². The molecule has 0 aliphatic carbocycles. The third kappa shape index (κ3) is 8.61. The van der Waals surface area contributed by atoms with Crippen LogP contribution < -0.4 is 5.63 Å². The molecule has 0 amide bonds. The van der Waals surface area contributed by atoms with Crippen molar-refractivity contribution in [3.05, 3.63) is 326 Å². The van der Waals surface area contributed by atoms with E-state index in [4.69, 9.17) is 19.4 Å². The maximum absolute atomic E-state index is 15.3. The summed E-state index contributed by atoms with van der Waals surface area (Å²) in [6.07, 6.45) is 0. The number of nitrogens with zero attached hydrogens (tertiary/aromatic N) is 6. The van der Waals surface area contributed by atoms with Gasteiger partial charge >= 0.3 is 5.63 Å². The van der Waals surface area contributed by atoms with Crippen LogP contribution in [0, 0.1) is 0 Å². The summed E-state index contributed by atoms with van der Waals surface area (Å²) in [6, 6.07) is 110. The maximum Gasteiger partial charge on any atom is 0.336 e. The number of hydrogen-bond donors (Lipinski definition) is 0. The van der Waals surface area contributed by atoms with Crippen molar-refractivity contribution in [2.24, 2.45) is 0 Å². The Bertz CT molecular complexity index is 5610. The average Bonchev–Trinajstić information content (AvgIpc) is 1.55. The van der Waals surface area contributed by atoms with E-state index in [2.05, 4.69) is 250 Å². The topological polar surface area (TPSA) is 83.7 Å². The van der Waals surface area contributed by atoms with Gasteiger partial charge in [0.05, 0.1) is 89.7 Å². The second-order valence-corrected chi connectivity index (χ2v) is 23.4. The molecule has 0 saturated heterocycles. The van der Waals surface area contributed by atoms with Gasteiger partial charge in [0.15, 0.2) is 0 Å². The molecule has 18 rings (SSSR count). The van der Waals surface area contributed by atoms with Gasteiger partial charge in [-0.15, -0.1) is 0 Å². The summed E-state index contributed by atoms with van der Waals surface area (Å²) in [4.78, 5) is 31.7. The molecule has 0 fully saturated rings. The Kier molecular flexibility index (Phi) is 12.2. The molecule has 0 atom stereocenters. The summed E-state index contributed by atoms with van der Waals surface area (Å²) in [7, 11) is 0. The summed E-state index contributed by atoms with van der Waals surface area (Å²) in [5.74, 6) is 0. The molecule has 0 spiro atoms. The van der Waals surface area contributed by atoms with E-state index in [0.717, 1.165) is 150 Å². The van der Waals surface area contributed by atoms with Crippen LogP contribution in [0.4, 0.5) is 0 Å². The van der Waals surface area contributed by atoms with Crippen molar-refractivity contribution in [3.8, 4) is 95.7 Å². The minimum absolute atomic E-state index is 0.411. The quantitative estimate of drug-likeness (QED) is 0.127. The number of hydrogen-bond acceptors (Lipinski definition) is 5. The van der Waals surface area contributed by atoms with E-state index in [1.54, 1.807) is 6.07 Å². The lowest BCUT2D eigenvalue weighted by Gasteiger charge is -2.25. The lowest BCUT2D eigenvalue weighted by atomic mass is 9.94. The Morgan fingerprint density at radius 2 is 0.522 bits per heavy atom. The van der Waals surface area contributed by atoms with Gasteiger partial charge in [0, 0.05) is 83.4 Å². The molecule has 0 aliphatic rings. The van der Waals surface area contributed by atoms with Crippen LogP contribution in [0.2, 0.25) is 0 Å². The number of pyridine rings is 3. The lowest BCUT2D eigenvalue weighted by Crippen LogP contribution is -2.12. The number of para-hydroxylation sites is 6. The standard InChI is InChI=1S/C84H52N6O2/c91-81-51-66(57-45-71(58-47-67(53-25-5-1-6-26-53)85-68(48-58)54-27-7-2-8-28-54)87-72(46-57)59-49-69(55-29-9-3-10-30-55)86-70(50-59)56-31-11-4-12-32-56)82-80(92-81)52-79(88-73-39-19-13-33-60(73)61-34-14-20-40-74(61)88)83(89-75-41-21-15-35-62(75)63-36-16-22-42-76(63)89)84(82)90-77-43-23-17-37-64(77)65-38-18-24-44-78(65)90/h1-52H. The SMILES string of the molecule is O=c1cc(-c2cc(-c3cc(-c4ccccc4)nc(-c4ccccc4)c3)nc(-c3cc(-c4ccccc4)nc(-c4ccccc4)c3)c2)c2c(-n3c4ccccc4c4ccccc43)c(-n3c4ccccc4c4ccccc43)c(-n3c4ccccc4c4ccccc43)cc2o1. The summed E-state index contributed by atoms with van der Waals surface area (Å²) in [5, 5.41) is 7.32. The van der Waals surface area contributed by atoms with Crippen molar-refractivity contribution in [1.82, 2.24) is 28.7 Å². The maximum atomic E-state index is 15.3. The Morgan fingerprint density at radius 1 is 0.250 bits per heavy atom. The lowest BCUT2D eigenvalue weighted by molar-refractivity contribution is 0.561. The summed E-state index contributed by atoms with van der Waals surface area (Å²) < 4.78 is 14.1. The van der Waals surface area contributed by atoms with E-state index in [1.165, 1.54) is 0 Å². The molecule has 0 saturated carbocycles. The molecule has 0 unspecified atom stereocenters. The van der Waals surface area contributed by atoms with Crippen LogP contribution in [0.3, 0.4) is 0 Å². The van der Waals surface area contributed by atoms with Crippen LogP contribution in [-0.4, -0.2) is 28.7 Å². The third-order valence-electron chi connectivity index (χ3n) is 18.0. The fourth-order valence-corrected chi connectivity index (χ4v) is 14.0. The highest BCUT2D eigenvalue weighted by atomic mass is 16.4. The summed E-state index contributed by atoms with van der Waals surface area (Å²) in [6.45, 7) is 0.